The summed E-state index contributed by atoms with van der Waals surface area (Å²) in [5.74, 6) is 0. The fraction of sp³-hybridized carbons (Fsp3) is 0.800. The summed E-state index contributed by atoms with van der Waals surface area (Å²) >= 11 is 6.29. The Morgan fingerprint density at radius 3 is 2.90 bits per heavy atom. The van der Waals surface area contributed by atoms with Gasteiger partial charge < -0.3 is 10.4 Å². The molecule has 1 fully saturated rings. The maximum atomic E-state index is 10.2. The first-order chi connectivity index (χ1) is 9.48. The molecule has 2 unspecified atom stereocenters. The summed E-state index contributed by atoms with van der Waals surface area (Å²) in [5, 5.41) is 18.8. The molecule has 1 saturated carbocycles. The molecule has 4 nitrogen and oxygen atoms in total. The van der Waals surface area contributed by atoms with Gasteiger partial charge in [0.2, 0.25) is 0 Å². The van der Waals surface area contributed by atoms with E-state index in [0.717, 1.165) is 50.0 Å². The lowest BCUT2D eigenvalue weighted by atomic mass is 9.73. The van der Waals surface area contributed by atoms with Crippen molar-refractivity contribution in [3.05, 3.63) is 16.4 Å². The molecule has 1 aromatic heterocycles. The molecule has 1 aliphatic rings. The molecule has 5 heteroatoms. The molecule has 2 atom stereocenters. The van der Waals surface area contributed by atoms with Crippen LogP contribution >= 0.6 is 11.6 Å². The van der Waals surface area contributed by atoms with Crippen molar-refractivity contribution < 1.29 is 5.11 Å². The SMILES string of the molecule is CCc1nn(C)c(Cl)c1CNCC1(C)CCCCC1O. The zero-order chi connectivity index (χ0) is 14.8. The van der Waals surface area contributed by atoms with Crippen molar-refractivity contribution in [2.45, 2.75) is 58.6 Å². The molecule has 0 spiro atoms. The smallest absolute Gasteiger partial charge is 0.131 e. The summed E-state index contributed by atoms with van der Waals surface area (Å²) in [6, 6.07) is 0. The Balaban J connectivity index is 1.96. The van der Waals surface area contributed by atoms with E-state index < -0.39 is 0 Å². The molecule has 2 N–H and O–H groups in total. The molecule has 1 aliphatic carbocycles. The molecule has 114 valence electrons. The Bertz CT molecular complexity index is 460. The molecule has 0 bridgehead atoms. The van der Waals surface area contributed by atoms with Crippen LogP contribution in [0.5, 0.6) is 0 Å². The third-order valence-electron chi connectivity index (χ3n) is 4.60. The Kier molecular flexibility index (Phi) is 5.10. The number of hydrogen-bond acceptors (Lipinski definition) is 3. The number of nitrogens with one attached hydrogen (secondary N) is 1. The fourth-order valence-corrected chi connectivity index (χ4v) is 3.33. The van der Waals surface area contributed by atoms with Gasteiger partial charge in [-0.15, -0.1) is 0 Å². The van der Waals surface area contributed by atoms with Gasteiger partial charge in [0.25, 0.3) is 0 Å². The highest BCUT2D eigenvalue weighted by Gasteiger charge is 2.34. The summed E-state index contributed by atoms with van der Waals surface area (Å²) in [5.41, 5.74) is 2.13. The number of halogens is 1. The number of aliphatic hydroxyl groups is 1. The molecule has 0 aromatic carbocycles. The average Bonchev–Trinajstić information content (AvgIpc) is 2.70. The third-order valence-corrected chi connectivity index (χ3v) is 5.07. The van der Waals surface area contributed by atoms with Gasteiger partial charge in [-0.3, -0.25) is 4.68 Å². The molecule has 0 aliphatic heterocycles. The third kappa shape index (κ3) is 3.18. The lowest BCUT2D eigenvalue weighted by molar-refractivity contribution is 0.00114. The summed E-state index contributed by atoms with van der Waals surface area (Å²) in [4.78, 5) is 0. The van der Waals surface area contributed by atoms with Crippen LogP contribution in [0.15, 0.2) is 0 Å². The molecule has 1 aromatic rings. The highest BCUT2D eigenvalue weighted by atomic mass is 35.5. The minimum atomic E-state index is -0.196. The van der Waals surface area contributed by atoms with E-state index in [1.54, 1.807) is 4.68 Å². The maximum Gasteiger partial charge on any atom is 0.131 e. The molecule has 2 rings (SSSR count). The lowest BCUT2D eigenvalue weighted by Gasteiger charge is -2.38. The van der Waals surface area contributed by atoms with Crippen LogP contribution in [0.4, 0.5) is 0 Å². The lowest BCUT2D eigenvalue weighted by Crippen LogP contribution is -2.43. The number of aryl methyl sites for hydroxylation is 2. The second-order valence-electron chi connectivity index (χ2n) is 6.21. The van der Waals surface area contributed by atoms with E-state index in [2.05, 4.69) is 24.3 Å². The van der Waals surface area contributed by atoms with E-state index in [1.807, 2.05) is 7.05 Å². The summed E-state index contributed by atoms with van der Waals surface area (Å²) < 4.78 is 1.73. The van der Waals surface area contributed by atoms with Gasteiger partial charge in [0.15, 0.2) is 0 Å². The molecular weight excluding hydrogens is 274 g/mol. The topological polar surface area (TPSA) is 50.1 Å². The van der Waals surface area contributed by atoms with Gasteiger partial charge in [0, 0.05) is 31.1 Å². The van der Waals surface area contributed by atoms with Gasteiger partial charge in [0.1, 0.15) is 5.15 Å². The van der Waals surface area contributed by atoms with Crippen LogP contribution in [-0.4, -0.2) is 27.5 Å². The van der Waals surface area contributed by atoms with Crippen LogP contribution in [0, 0.1) is 5.41 Å². The zero-order valence-corrected chi connectivity index (χ0v) is 13.5. The first-order valence-electron chi connectivity index (χ1n) is 7.57. The largest absolute Gasteiger partial charge is 0.393 e. The van der Waals surface area contributed by atoms with Crippen molar-refractivity contribution in [2.75, 3.05) is 6.54 Å². The Morgan fingerprint density at radius 2 is 2.25 bits per heavy atom. The number of rotatable bonds is 5. The quantitative estimate of drug-likeness (QED) is 0.879. The standard InChI is InChI=1S/C15H26ClN3O/c1-4-12-11(14(16)19(3)18-12)9-17-10-15(2)8-6-5-7-13(15)20/h13,17,20H,4-10H2,1-3H3. The van der Waals surface area contributed by atoms with E-state index in [4.69, 9.17) is 11.6 Å². The van der Waals surface area contributed by atoms with Gasteiger partial charge in [-0.2, -0.15) is 5.10 Å². The predicted octanol–water partition coefficient (Wildman–Crippen LogP) is 2.67. The Morgan fingerprint density at radius 1 is 1.50 bits per heavy atom. The van der Waals surface area contributed by atoms with Crippen LogP contribution in [0.25, 0.3) is 0 Å². The van der Waals surface area contributed by atoms with Gasteiger partial charge in [0.05, 0.1) is 11.8 Å². The monoisotopic (exact) mass is 299 g/mol. The van der Waals surface area contributed by atoms with Crippen molar-refractivity contribution >= 4 is 11.6 Å². The summed E-state index contributed by atoms with van der Waals surface area (Å²) in [6.07, 6.45) is 5.05. The first-order valence-corrected chi connectivity index (χ1v) is 7.94. The summed E-state index contributed by atoms with van der Waals surface area (Å²) in [6.45, 7) is 5.81. The van der Waals surface area contributed by atoms with Gasteiger partial charge in [-0.1, -0.05) is 38.3 Å². The van der Waals surface area contributed by atoms with Crippen LogP contribution in [0.3, 0.4) is 0 Å². The minimum Gasteiger partial charge on any atom is -0.393 e. The van der Waals surface area contributed by atoms with Gasteiger partial charge >= 0.3 is 0 Å². The van der Waals surface area contributed by atoms with Crippen molar-refractivity contribution in [2.24, 2.45) is 12.5 Å². The van der Waals surface area contributed by atoms with Crippen molar-refractivity contribution in [3.8, 4) is 0 Å². The minimum absolute atomic E-state index is 0.0146. The number of aliphatic hydroxyl groups excluding tert-OH is 1. The Labute approximate surface area is 126 Å². The van der Waals surface area contributed by atoms with Crippen LogP contribution < -0.4 is 5.32 Å². The van der Waals surface area contributed by atoms with E-state index in [-0.39, 0.29) is 11.5 Å². The normalized spacial score (nSPS) is 26.9. The number of nitrogens with zero attached hydrogens (tertiary/aromatic N) is 2. The van der Waals surface area contributed by atoms with Crippen molar-refractivity contribution in [1.82, 2.24) is 15.1 Å². The highest BCUT2D eigenvalue weighted by molar-refractivity contribution is 6.30. The molecule has 1 heterocycles. The molecule has 20 heavy (non-hydrogen) atoms. The zero-order valence-electron chi connectivity index (χ0n) is 12.7. The fourth-order valence-electron chi connectivity index (χ4n) is 3.12. The second kappa shape index (κ2) is 6.46. The van der Waals surface area contributed by atoms with Crippen LogP contribution in [0.1, 0.15) is 50.8 Å². The van der Waals surface area contributed by atoms with Crippen molar-refractivity contribution in [1.29, 1.82) is 0 Å². The van der Waals surface area contributed by atoms with Crippen molar-refractivity contribution in [3.63, 3.8) is 0 Å². The second-order valence-corrected chi connectivity index (χ2v) is 6.57. The number of hydrogen-bond donors (Lipinski definition) is 2. The number of aromatic nitrogens is 2. The molecule has 0 radical (unpaired) electrons. The Hall–Kier alpha value is -0.580. The van der Waals surface area contributed by atoms with Crippen LogP contribution in [-0.2, 0) is 20.0 Å². The average molecular weight is 300 g/mol. The van der Waals surface area contributed by atoms with E-state index >= 15 is 0 Å². The predicted molar refractivity (Wildman–Crippen MR) is 81.9 cm³/mol. The maximum absolute atomic E-state index is 10.2. The van der Waals surface area contributed by atoms with Gasteiger partial charge in [-0.05, 0) is 19.3 Å². The van der Waals surface area contributed by atoms with E-state index in [1.165, 1.54) is 6.42 Å². The molecule has 0 saturated heterocycles. The highest BCUT2D eigenvalue weighted by Crippen LogP contribution is 2.35. The van der Waals surface area contributed by atoms with Crippen LogP contribution in [0.2, 0.25) is 5.15 Å². The van der Waals surface area contributed by atoms with E-state index in [0.29, 0.717) is 5.15 Å². The van der Waals surface area contributed by atoms with E-state index in [9.17, 15) is 5.11 Å². The van der Waals surface area contributed by atoms with Gasteiger partial charge in [-0.25, -0.2) is 0 Å². The first kappa shape index (κ1) is 15.8. The molecule has 0 amide bonds. The summed E-state index contributed by atoms with van der Waals surface area (Å²) in [7, 11) is 1.87. The molecular formula is C15H26ClN3O.